The highest BCUT2D eigenvalue weighted by atomic mass is 19.1. The van der Waals surface area contributed by atoms with Crippen LogP contribution in [0, 0.1) is 0 Å². The van der Waals surface area contributed by atoms with Crippen molar-refractivity contribution in [2.24, 2.45) is 0 Å². The Kier molecular flexibility index (Phi) is 1.85. The fourth-order valence-corrected chi connectivity index (χ4v) is 2.04. The van der Waals surface area contributed by atoms with Crippen molar-refractivity contribution in [3.63, 3.8) is 0 Å². The minimum absolute atomic E-state index is 0.307. The van der Waals surface area contributed by atoms with Gasteiger partial charge in [0.1, 0.15) is 6.17 Å². The number of rotatable bonds is 0. The zero-order chi connectivity index (χ0) is 7.73. The molecule has 2 atom stereocenters. The lowest BCUT2D eigenvalue weighted by Gasteiger charge is -2.35. The minimum Gasteiger partial charge on any atom is -0.379 e. The Morgan fingerprint density at radius 1 is 1.55 bits per heavy atom. The van der Waals surface area contributed by atoms with E-state index >= 15 is 0 Å². The van der Waals surface area contributed by atoms with E-state index in [0.717, 1.165) is 26.0 Å². The number of hydrogen-bond donors (Lipinski definition) is 1. The molecule has 0 aromatic heterocycles. The SMILES string of the molecule is FC1CCNC12CCCOC2. The van der Waals surface area contributed by atoms with Gasteiger partial charge >= 0.3 is 0 Å². The normalized spacial score (nSPS) is 45.0. The highest BCUT2D eigenvalue weighted by Gasteiger charge is 2.44. The highest BCUT2D eigenvalue weighted by Crippen LogP contribution is 2.30. The van der Waals surface area contributed by atoms with Crippen LogP contribution in [0.5, 0.6) is 0 Å². The molecule has 11 heavy (non-hydrogen) atoms. The molecule has 0 radical (unpaired) electrons. The molecule has 1 N–H and O–H groups in total. The van der Waals surface area contributed by atoms with Crippen molar-refractivity contribution in [3.8, 4) is 0 Å². The monoisotopic (exact) mass is 159 g/mol. The van der Waals surface area contributed by atoms with Crippen LogP contribution in [0.15, 0.2) is 0 Å². The predicted molar refractivity (Wildman–Crippen MR) is 40.3 cm³/mol. The second kappa shape index (κ2) is 2.72. The topological polar surface area (TPSA) is 21.3 Å². The molecule has 2 heterocycles. The summed E-state index contributed by atoms with van der Waals surface area (Å²) < 4.78 is 18.6. The van der Waals surface area contributed by atoms with Crippen LogP contribution in [-0.2, 0) is 4.74 Å². The summed E-state index contributed by atoms with van der Waals surface area (Å²) in [7, 11) is 0. The van der Waals surface area contributed by atoms with Gasteiger partial charge in [0.25, 0.3) is 0 Å². The molecule has 2 fully saturated rings. The van der Waals surface area contributed by atoms with Gasteiger partial charge in [0, 0.05) is 6.61 Å². The Morgan fingerprint density at radius 3 is 3.00 bits per heavy atom. The molecule has 2 aliphatic heterocycles. The fourth-order valence-electron chi connectivity index (χ4n) is 2.04. The molecule has 0 aromatic carbocycles. The van der Waals surface area contributed by atoms with Crippen LogP contribution >= 0.6 is 0 Å². The lowest BCUT2D eigenvalue weighted by atomic mass is 9.89. The summed E-state index contributed by atoms with van der Waals surface area (Å²) in [6.45, 7) is 2.18. The molecule has 1 spiro atoms. The Morgan fingerprint density at radius 2 is 2.45 bits per heavy atom. The van der Waals surface area contributed by atoms with E-state index in [1.54, 1.807) is 0 Å². The second-order valence-corrected chi connectivity index (χ2v) is 3.50. The van der Waals surface area contributed by atoms with Gasteiger partial charge in [-0.2, -0.15) is 0 Å². The fraction of sp³-hybridized carbons (Fsp3) is 1.00. The van der Waals surface area contributed by atoms with E-state index in [-0.39, 0.29) is 5.54 Å². The zero-order valence-electron chi connectivity index (χ0n) is 6.61. The Labute approximate surface area is 66.1 Å². The molecule has 0 aliphatic carbocycles. The summed E-state index contributed by atoms with van der Waals surface area (Å²) in [6.07, 6.45) is 1.90. The maximum absolute atomic E-state index is 13.3. The van der Waals surface area contributed by atoms with Gasteiger partial charge < -0.3 is 10.1 Å². The van der Waals surface area contributed by atoms with Gasteiger partial charge in [-0.25, -0.2) is 4.39 Å². The number of halogens is 1. The summed E-state index contributed by atoms with van der Waals surface area (Å²) >= 11 is 0. The largest absolute Gasteiger partial charge is 0.379 e. The molecular formula is C8H14FNO. The average Bonchev–Trinajstić information content (AvgIpc) is 2.36. The quantitative estimate of drug-likeness (QED) is 0.566. The third kappa shape index (κ3) is 1.16. The highest BCUT2D eigenvalue weighted by molar-refractivity contribution is 5.01. The summed E-state index contributed by atoms with van der Waals surface area (Å²) in [5, 5.41) is 3.22. The first kappa shape index (κ1) is 7.50. The van der Waals surface area contributed by atoms with E-state index in [4.69, 9.17) is 4.74 Å². The van der Waals surface area contributed by atoms with Crippen LogP contribution in [0.4, 0.5) is 4.39 Å². The maximum Gasteiger partial charge on any atom is 0.122 e. The lowest BCUT2D eigenvalue weighted by molar-refractivity contribution is -0.0000448. The second-order valence-electron chi connectivity index (χ2n) is 3.50. The first-order valence-electron chi connectivity index (χ1n) is 4.30. The molecule has 0 amide bonds. The van der Waals surface area contributed by atoms with Gasteiger partial charge in [-0.3, -0.25) is 0 Å². The molecule has 2 aliphatic rings. The Balaban J connectivity index is 2.06. The van der Waals surface area contributed by atoms with Crippen LogP contribution in [0.25, 0.3) is 0 Å². The molecule has 0 saturated carbocycles. The number of hydrogen-bond acceptors (Lipinski definition) is 2. The minimum atomic E-state index is -0.692. The van der Waals surface area contributed by atoms with Crippen LogP contribution in [-0.4, -0.2) is 31.5 Å². The summed E-state index contributed by atoms with van der Waals surface area (Å²) in [4.78, 5) is 0. The summed E-state index contributed by atoms with van der Waals surface area (Å²) in [5.41, 5.74) is -0.307. The van der Waals surface area contributed by atoms with E-state index in [1.165, 1.54) is 0 Å². The van der Waals surface area contributed by atoms with Crippen molar-refractivity contribution in [3.05, 3.63) is 0 Å². The first-order valence-corrected chi connectivity index (χ1v) is 4.30. The average molecular weight is 159 g/mol. The number of nitrogens with one attached hydrogen (secondary N) is 1. The van der Waals surface area contributed by atoms with Crippen LogP contribution in [0.3, 0.4) is 0 Å². The number of alkyl halides is 1. The van der Waals surface area contributed by atoms with Crippen molar-refractivity contribution < 1.29 is 9.13 Å². The van der Waals surface area contributed by atoms with Crippen LogP contribution in [0.1, 0.15) is 19.3 Å². The van der Waals surface area contributed by atoms with Crippen molar-refractivity contribution >= 4 is 0 Å². The van der Waals surface area contributed by atoms with E-state index in [1.807, 2.05) is 0 Å². The molecule has 2 nitrogen and oxygen atoms in total. The third-order valence-electron chi connectivity index (χ3n) is 2.75. The van der Waals surface area contributed by atoms with E-state index < -0.39 is 6.17 Å². The van der Waals surface area contributed by atoms with Crippen molar-refractivity contribution in [1.82, 2.24) is 5.32 Å². The van der Waals surface area contributed by atoms with Gasteiger partial charge in [0.05, 0.1) is 12.1 Å². The maximum atomic E-state index is 13.3. The smallest absolute Gasteiger partial charge is 0.122 e. The van der Waals surface area contributed by atoms with Crippen LogP contribution in [0.2, 0.25) is 0 Å². The first-order chi connectivity index (χ1) is 5.33. The van der Waals surface area contributed by atoms with E-state index in [0.29, 0.717) is 13.0 Å². The summed E-state index contributed by atoms with van der Waals surface area (Å²) in [6, 6.07) is 0. The molecule has 2 unspecified atom stereocenters. The molecule has 0 aromatic rings. The molecule has 2 saturated heterocycles. The third-order valence-corrected chi connectivity index (χ3v) is 2.75. The predicted octanol–water partition coefficient (Wildman–Crippen LogP) is 0.867. The van der Waals surface area contributed by atoms with Gasteiger partial charge in [0.2, 0.25) is 0 Å². The van der Waals surface area contributed by atoms with Crippen LogP contribution < -0.4 is 5.32 Å². The van der Waals surface area contributed by atoms with Crippen molar-refractivity contribution in [2.45, 2.75) is 31.0 Å². The van der Waals surface area contributed by atoms with Gasteiger partial charge in [-0.1, -0.05) is 0 Å². The molecule has 3 heteroatoms. The van der Waals surface area contributed by atoms with Crippen molar-refractivity contribution in [2.75, 3.05) is 19.8 Å². The number of ether oxygens (including phenoxy) is 1. The molecule has 0 bridgehead atoms. The van der Waals surface area contributed by atoms with E-state index in [2.05, 4.69) is 5.32 Å². The Bertz CT molecular complexity index is 145. The molecular weight excluding hydrogens is 145 g/mol. The molecule has 64 valence electrons. The zero-order valence-corrected chi connectivity index (χ0v) is 6.61. The van der Waals surface area contributed by atoms with Gasteiger partial charge in [-0.15, -0.1) is 0 Å². The standard InChI is InChI=1S/C8H14FNO/c9-7-2-4-10-8(7)3-1-5-11-6-8/h7,10H,1-6H2. The molecule has 2 rings (SSSR count). The lowest BCUT2D eigenvalue weighted by Crippen LogP contribution is -2.52. The van der Waals surface area contributed by atoms with Crippen molar-refractivity contribution in [1.29, 1.82) is 0 Å². The van der Waals surface area contributed by atoms with E-state index in [9.17, 15) is 4.39 Å². The summed E-state index contributed by atoms with van der Waals surface area (Å²) in [5.74, 6) is 0. The van der Waals surface area contributed by atoms with Gasteiger partial charge in [-0.05, 0) is 25.8 Å². The Hall–Kier alpha value is -0.150. The van der Waals surface area contributed by atoms with Gasteiger partial charge in [0.15, 0.2) is 0 Å².